The normalized spacial score (nSPS) is 10.0. The average Bonchev–Trinajstić information content (AvgIpc) is 1.96. The van der Waals surface area contributed by atoms with Crippen LogP contribution >= 0.6 is 23.4 Å². The van der Waals surface area contributed by atoms with E-state index in [-0.39, 0.29) is 5.24 Å². The molecule has 0 saturated carbocycles. The van der Waals surface area contributed by atoms with E-state index in [0.29, 0.717) is 6.42 Å². The molecule has 0 aliphatic carbocycles. The van der Waals surface area contributed by atoms with Crippen molar-refractivity contribution in [2.75, 3.05) is 12.0 Å². The Labute approximate surface area is 77.9 Å². The fourth-order valence-electron chi connectivity index (χ4n) is 0.864. The van der Waals surface area contributed by atoms with Crippen LogP contribution in [0.3, 0.4) is 0 Å². The molecule has 0 unspecified atom stereocenters. The standard InChI is InChI=1S/C8H15ClOS/c1-11-7-5-3-2-4-6-8(9)10/h2-7H2,1H3. The van der Waals surface area contributed by atoms with Gasteiger partial charge in [-0.05, 0) is 36.5 Å². The van der Waals surface area contributed by atoms with Gasteiger partial charge in [0.05, 0.1) is 0 Å². The third-order valence-corrected chi connectivity index (χ3v) is 2.36. The van der Waals surface area contributed by atoms with Crippen LogP contribution in [0.15, 0.2) is 0 Å². The lowest BCUT2D eigenvalue weighted by atomic mass is 10.2. The summed E-state index contributed by atoms with van der Waals surface area (Å²) in [5, 5.41) is -0.199. The lowest BCUT2D eigenvalue weighted by Gasteiger charge is -1.96. The molecule has 0 radical (unpaired) electrons. The molecule has 0 spiro atoms. The number of rotatable bonds is 7. The van der Waals surface area contributed by atoms with E-state index in [1.165, 1.54) is 18.6 Å². The van der Waals surface area contributed by atoms with Crippen molar-refractivity contribution in [1.29, 1.82) is 0 Å². The molecule has 0 atom stereocenters. The number of thioether (sulfide) groups is 1. The van der Waals surface area contributed by atoms with Crippen molar-refractivity contribution in [3.8, 4) is 0 Å². The molecule has 0 aromatic carbocycles. The maximum absolute atomic E-state index is 10.3. The molecule has 1 nitrogen and oxygen atoms in total. The summed E-state index contributed by atoms with van der Waals surface area (Å²) in [5.74, 6) is 1.23. The highest BCUT2D eigenvalue weighted by Gasteiger charge is 1.94. The van der Waals surface area contributed by atoms with Crippen LogP contribution in [0.25, 0.3) is 0 Å². The average molecular weight is 195 g/mol. The van der Waals surface area contributed by atoms with E-state index in [1.807, 2.05) is 11.8 Å². The fraction of sp³-hybridized carbons (Fsp3) is 0.875. The Morgan fingerprint density at radius 2 is 1.91 bits per heavy atom. The second-order valence-corrected chi connectivity index (χ2v) is 3.92. The Bertz CT molecular complexity index is 106. The molecule has 0 bridgehead atoms. The van der Waals surface area contributed by atoms with Gasteiger partial charge >= 0.3 is 0 Å². The number of carbonyl (C=O) groups is 1. The molecule has 0 amide bonds. The minimum absolute atomic E-state index is 0.199. The number of hydrogen-bond acceptors (Lipinski definition) is 2. The molecule has 0 aliphatic heterocycles. The summed E-state index contributed by atoms with van der Waals surface area (Å²) < 4.78 is 0. The van der Waals surface area contributed by atoms with Crippen LogP contribution in [0.2, 0.25) is 0 Å². The number of carbonyl (C=O) groups excluding carboxylic acids is 1. The molecule has 0 aromatic rings. The first-order valence-corrected chi connectivity index (χ1v) is 5.72. The van der Waals surface area contributed by atoms with Gasteiger partial charge in [0, 0.05) is 6.42 Å². The largest absolute Gasteiger partial charge is 0.281 e. The van der Waals surface area contributed by atoms with Crippen LogP contribution in [0.5, 0.6) is 0 Å². The van der Waals surface area contributed by atoms with E-state index in [0.717, 1.165) is 12.8 Å². The van der Waals surface area contributed by atoms with Crippen molar-refractivity contribution in [2.24, 2.45) is 0 Å². The third kappa shape index (κ3) is 10.3. The SMILES string of the molecule is CSCCCCCCC(=O)Cl. The highest BCUT2D eigenvalue weighted by molar-refractivity contribution is 7.98. The summed E-state index contributed by atoms with van der Waals surface area (Å²) >= 11 is 7.05. The molecule has 11 heavy (non-hydrogen) atoms. The molecular formula is C8H15ClOS. The van der Waals surface area contributed by atoms with Gasteiger partial charge in [0.1, 0.15) is 0 Å². The van der Waals surface area contributed by atoms with Crippen molar-refractivity contribution in [2.45, 2.75) is 32.1 Å². The van der Waals surface area contributed by atoms with Crippen molar-refractivity contribution in [1.82, 2.24) is 0 Å². The Hall–Kier alpha value is 0.310. The highest BCUT2D eigenvalue weighted by Crippen LogP contribution is 2.07. The van der Waals surface area contributed by atoms with Gasteiger partial charge in [-0.15, -0.1) is 0 Å². The zero-order valence-corrected chi connectivity index (χ0v) is 8.51. The van der Waals surface area contributed by atoms with E-state index in [2.05, 4.69) is 6.26 Å². The summed E-state index contributed by atoms with van der Waals surface area (Å²) in [6.07, 6.45) is 7.24. The predicted octanol–water partition coefficient (Wildman–Crippen LogP) is 3.07. The van der Waals surface area contributed by atoms with Gasteiger partial charge in [-0.3, -0.25) is 4.79 Å². The smallest absolute Gasteiger partial charge is 0.221 e. The van der Waals surface area contributed by atoms with Crippen LogP contribution in [0.4, 0.5) is 0 Å². The number of halogens is 1. The topological polar surface area (TPSA) is 17.1 Å². The van der Waals surface area contributed by atoms with E-state index >= 15 is 0 Å². The maximum Gasteiger partial charge on any atom is 0.221 e. The second kappa shape index (κ2) is 8.41. The summed E-state index contributed by atoms with van der Waals surface area (Å²) in [7, 11) is 0. The van der Waals surface area contributed by atoms with E-state index in [1.54, 1.807) is 0 Å². The van der Waals surface area contributed by atoms with Crippen molar-refractivity contribution in [3.05, 3.63) is 0 Å². The third-order valence-electron chi connectivity index (χ3n) is 1.47. The van der Waals surface area contributed by atoms with Gasteiger partial charge in [-0.25, -0.2) is 0 Å². The number of unbranched alkanes of at least 4 members (excludes halogenated alkanes) is 3. The first-order chi connectivity index (χ1) is 5.27. The molecule has 0 rings (SSSR count). The Kier molecular flexibility index (Phi) is 8.64. The molecule has 0 heterocycles. The van der Waals surface area contributed by atoms with Gasteiger partial charge in [-0.1, -0.05) is 12.8 Å². The molecule has 0 fully saturated rings. The van der Waals surface area contributed by atoms with Crippen molar-refractivity contribution in [3.63, 3.8) is 0 Å². The van der Waals surface area contributed by atoms with Crippen LogP contribution in [-0.2, 0) is 4.79 Å². The Morgan fingerprint density at radius 1 is 1.27 bits per heavy atom. The summed E-state index contributed by atoms with van der Waals surface area (Å²) in [6.45, 7) is 0. The summed E-state index contributed by atoms with van der Waals surface area (Å²) in [5.41, 5.74) is 0. The first-order valence-electron chi connectivity index (χ1n) is 3.94. The number of hydrogen-bond donors (Lipinski definition) is 0. The zero-order chi connectivity index (χ0) is 8.53. The Balaban J connectivity index is 2.85. The second-order valence-electron chi connectivity index (χ2n) is 2.51. The van der Waals surface area contributed by atoms with Gasteiger partial charge in [0.2, 0.25) is 5.24 Å². The molecule has 66 valence electrons. The highest BCUT2D eigenvalue weighted by atomic mass is 35.5. The van der Waals surface area contributed by atoms with Gasteiger partial charge in [-0.2, -0.15) is 11.8 Å². The van der Waals surface area contributed by atoms with Gasteiger partial charge in [0.15, 0.2) is 0 Å². The first kappa shape index (κ1) is 11.3. The minimum Gasteiger partial charge on any atom is -0.281 e. The Morgan fingerprint density at radius 3 is 2.45 bits per heavy atom. The zero-order valence-electron chi connectivity index (χ0n) is 6.94. The quantitative estimate of drug-likeness (QED) is 0.458. The molecule has 0 aliphatic rings. The van der Waals surface area contributed by atoms with Crippen molar-refractivity contribution < 1.29 is 4.79 Å². The summed E-state index contributed by atoms with van der Waals surface area (Å²) in [4.78, 5) is 10.3. The van der Waals surface area contributed by atoms with Crippen molar-refractivity contribution >= 4 is 28.6 Å². The van der Waals surface area contributed by atoms with Gasteiger partial charge in [0.25, 0.3) is 0 Å². The fourth-order valence-corrected chi connectivity index (χ4v) is 1.49. The minimum atomic E-state index is -0.199. The van der Waals surface area contributed by atoms with Crippen LogP contribution in [0.1, 0.15) is 32.1 Å². The van der Waals surface area contributed by atoms with E-state index in [9.17, 15) is 4.79 Å². The van der Waals surface area contributed by atoms with Crippen LogP contribution < -0.4 is 0 Å². The molecule has 0 aromatic heterocycles. The maximum atomic E-state index is 10.3. The lowest BCUT2D eigenvalue weighted by molar-refractivity contribution is -0.111. The predicted molar refractivity (Wildman–Crippen MR) is 52.3 cm³/mol. The molecule has 3 heteroatoms. The van der Waals surface area contributed by atoms with Crippen LogP contribution in [-0.4, -0.2) is 17.3 Å². The monoisotopic (exact) mass is 194 g/mol. The lowest BCUT2D eigenvalue weighted by Crippen LogP contribution is -1.86. The van der Waals surface area contributed by atoms with E-state index in [4.69, 9.17) is 11.6 Å². The van der Waals surface area contributed by atoms with Gasteiger partial charge < -0.3 is 0 Å². The molecule has 0 saturated heterocycles. The summed E-state index contributed by atoms with van der Waals surface area (Å²) in [6, 6.07) is 0. The van der Waals surface area contributed by atoms with Crippen LogP contribution in [0, 0.1) is 0 Å². The molecular weight excluding hydrogens is 180 g/mol. The molecule has 0 N–H and O–H groups in total. The van der Waals surface area contributed by atoms with E-state index < -0.39 is 0 Å².